The Kier molecular flexibility index (Phi) is 16.3. The summed E-state index contributed by atoms with van der Waals surface area (Å²) in [7, 11) is 0. The number of aliphatic hydroxyl groups is 2. The minimum atomic E-state index is -1.36. The maximum absolute atomic E-state index is 12.4. The van der Waals surface area contributed by atoms with Crippen molar-refractivity contribution in [2.45, 2.75) is 135 Å². The highest BCUT2D eigenvalue weighted by Crippen LogP contribution is 2.40. The number of aliphatic hydroxyl groups excluding tert-OH is 2. The van der Waals surface area contributed by atoms with Gasteiger partial charge in [0.15, 0.2) is 25.0 Å². The van der Waals surface area contributed by atoms with Gasteiger partial charge in [0.25, 0.3) is 0 Å². The molecule has 318 valence electrons. The summed E-state index contributed by atoms with van der Waals surface area (Å²) in [6.45, 7) is 12.2. The Morgan fingerprint density at radius 2 is 1.09 bits per heavy atom. The van der Waals surface area contributed by atoms with E-state index in [9.17, 15) is 15.0 Å². The zero-order valence-electron chi connectivity index (χ0n) is 34.5. The molecular weight excluding hydrogens is 744 g/mol. The predicted octanol–water partition coefficient (Wildman–Crippen LogP) is 6.19. The van der Waals surface area contributed by atoms with Crippen molar-refractivity contribution in [2.75, 3.05) is 13.2 Å². The minimum absolute atomic E-state index is 0.0662. The van der Waals surface area contributed by atoms with Crippen molar-refractivity contribution in [3.05, 3.63) is 108 Å². The van der Waals surface area contributed by atoms with Crippen LogP contribution in [0.15, 0.2) is 91.0 Å². The Balaban J connectivity index is 1.29. The van der Waals surface area contributed by atoms with Gasteiger partial charge in [0.05, 0.1) is 45.2 Å². The van der Waals surface area contributed by atoms with E-state index in [1.54, 1.807) is 0 Å². The van der Waals surface area contributed by atoms with Crippen molar-refractivity contribution in [2.24, 2.45) is 23.7 Å². The van der Waals surface area contributed by atoms with Crippen molar-refractivity contribution < 1.29 is 57.6 Å². The van der Waals surface area contributed by atoms with Crippen molar-refractivity contribution in [1.29, 1.82) is 0 Å². The number of carbonyl (C=O) groups is 1. The smallest absolute Gasteiger partial charge is 0.303 e. The molecule has 58 heavy (non-hydrogen) atoms. The number of ether oxygens (including phenoxy) is 9. The highest BCUT2D eigenvalue weighted by molar-refractivity contribution is 5.66. The maximum atomic E-state index is 12.4. The molecule has 3 aliphatic rings. The van der Waals surface area contributed by atoms with E-state index < -0.39 is 74.2 Å². The Morgan fingerprint density at radius 3 is 1.66 bits per heavy atom. The second-order valence-corrected chi connectivity index (χ2v) is 16.0. The highest BCUT2D eigenvalue weighted by Gasteiger charge is 2.54. The Labute approximate surface area is 343 Å². The largest absolute Gasteiger partial charge is 0.457 e. The molecule has 6 rings (SSSR count). The van der Waals surface area contributed by atoms with Crippen LogP contribution in [0.4, 0.5) is 0 Å². The van der Waals surface area contributed by atoms with Gasteiger partial charge >= 0.3 is 5.97 Å². The van der Waals surface area contributed by atoms with Gasteiger partial charge in [-0.05, 0) is 34.9 Å². The number of benzene rings is 3. The normalized spacial score (nSPS) is 35.3. The molecule has 12 heteroatoms. The average molecular weight is 807 g/mol. The third-order valence-electron chi connectivity index (χ3n) is 12.0. The molecule has 3 heterocycles. The second-order valence-electron chi connectivity index (χ2n) is 16.0. The summed E-state index contributed by atoms with van der Waals surface area (Å²) < 4.78 is 58.4. The average Bonchev–Trinajstić information content (AvgIpc) is 3.24. The SMILES string of the molecule is CCC1O[C@@H](O[C@@H]2C(OCc3ccccc3)[C@H](O[C@@H]3C(COCc4ccccc4)O[C@@H](OCc4ccccc4)C(C)[C@H]3C)OC(CO)[C@H]2O)[C@@H](OC(C)=O)C(C)[C@H]1C. The number of carbonyl (C=O) groups excluding carboxylic acids is 1. The molecule has 0 aromatic heterocycles. The topological polar surface area (TPSA) is 141 Å². The van der Waals surface area contributed by atoms with Gasteiger partial charge in [-0.3, -0.25) is 4.79 Å². The van der Waals surface area contributed by atoms with E-state index >= 15 is 0 Å². The summed E-state index contributed by atoms with van der Waals surface area (Å²) in [4.78, 5) is 12.4. The molecular formula is C46H62O12. The Morgan fingerprint density at radius 1 is 0.586 bits per heavy atom. The Bertz CT molecular complexity index is 1650. The van der Waals surface area contributed by atoms with Crippen LogP contribution >= 0.6 is 0 Å². The van der Waals surface area contributed by atoms with Gasteiger partial charge in [-0.15, -0.1) is 0 Å². The predicted molar refractivity (Wildman–Crippen MR) is 214 cm³/mol. The molecule has 3 aliphatic heterocycles. The minimum Gasteiger partial charge on any atom is -0.457 e. The van der Waals surface area contributed by atoms with Gasteiger partial charge in [0, 0.05) is 18.8 Å². The molecule has 3 aromatic rings. The third-order valence-corrected chi connectivity index (χ3v) is 12.0. The third kappa shape index (κ3) is 11.1. The van der Waals surface area contributed by atoms with Crippen LogP contribution in [0.25, 0.3) is 0 Å². The molecule has 3 fully saturated rings. The summed E-state index contributed by atoms with van der Waals surface area (Å²) in [6.07, 6.45) is -8.83. The van der Waals surface area contributed by atoms with Crippen molar-refractivity contribution in [3.8, 4) is 0 Å². The molecule has 0 bridgehead atoms. The lowest BCUT2D eigenvalue weighted by atomic mass is 9.82. The van der Waals surface area contributed by atoms with Crippen LogP contribution in [0.1, 0.15) is 64.7 Å². The van der Waals surface area contributed by atoms with Gasteiger partial charge in [0.1, 0.15) is 30.5 Å². The quantitative estimate of drug-likeness (QED) is 0.150. The van der Waals surface area contributed by atoms with Gasteiger partial charge < -0.3 is 52.8 Å². The van der Waals surface area contributed by atoms with E-state index in [0.717, 1.165) is 16.7 Å². The van der Waals surface area contributed by atoms with E-state index in [1.807, 2.05) is 105 Å². The molecule has 0 spiro atoms. The number of hydrogen-bond donors (Lipinski definition) is 2. The molecule has 0 amide bonds. The molecule has 2 N–H and O–H groups in total. The molecule has 3 aromatic carbocycles. The first-order valence-corrected chi connectivity index (χ1v) is 20.7. The summed E-state index contributed by atoms with van der Waals surface area (Å²) in [5, 5.41) is 22.4. The summed E-state index contributed by atoms with van der Waals surface area (Å²) >= 11 is 0. The highest BCUT2D eigenvalue weighted by atomic mass is 16.8. The lowest BCUT2D eigenvalue weighted by molar-refractivity contribution is -0.377. The van der Waals surface area contributed by atoms with E-state index in [0.29, 0.717) is 19.6 Å². The Hall–Kier alpha value is -3.27. The van der Waals surface area contributed by atoms with Crippen LogP contribution in [0, 0.1) is 23.7 Å². The number of hydrogen-bond acceptors (Lipinski definition) is 12. The first kappa shape index (κ1) is 44.3. The fourth-order valence-electron chi connectivity index (χ4n) is 8.17. The van der Waals surface area contributed by atoms with Crippen LogP contribution in [0.5, 0.6) is 0 Å². The van der Waals surface area contributed by atoms with Crippen molar-refractivity contribution in [1.82, 2.24) is 0 Å². The summed E-state index contributed by atoms with van der Waals surface area (Å²) in [5.74, 6) is -0.783. The molecule has 3 saturated heterocycles. The van der Waals surface area contributed by atoms with E-state index in [2.05, 4.69) is 20.8 Å². The van der Waals surface area contributed by atoms with Crippen LogP contribution in [0.3, 0.4) is 0 Å². The lowest BCUT2D eigenvalue weighted by Crippen LogP contribution is -2.65. The second kappa shape index (κ2) is 21.3. The number of rotatable bonds is 17. The first-order chi connectivity index (χ1) is 28.1. The monoisotopic (exact) mass is 806 g/mol. The van der Waals surface area contributed by atoms with E-state index in [1.165, 1.54) is 6.92 Å². The fourth-order valence-corrected chi connectivity index (χ4v) is 8.17. The summed E-state index contributed by atoms with van der Waals surface area (Å²) in [6, 6.07) is 29.5. The molecule has 15 atom stereocenters. The van der Waals surface area contributed by atoms with Crippen LogP contribution in [-0.4, -0.2) is 97.1 Å². The lowest BCUT2D eigenvalue weighted by Gasteiger charge is -2.50. The van der Waals surface area contributed by atoms with Crippen LogP contribution in [-0.2, 0) is 67.2 Å². The molecule has 12 nitrogen and oxygen atoms in total. The molecule has 0 radical (unpaired) electrons. The van der Waals surface area contributed by atoms with E-state index in [-0.39, 0.29) is 43.0 Å². The van der Waals surface area contributed by atoms with Crippen molar-refractivity contribution >= 4 is 5.97 Å². The molecule has 0 aliphatic carbocycles. The van der Waals surface area contributed by atoms with Crippen LogP contribution < -0.4 is 0 Å². The molecule has 6 unspecified atom stereocenters. The van der Waals surface area contributed by atoms with Crippen molar-refractivity contribution in [3.63, 3.8) is 0 Å². The molecule has 0 saturated carbocycles. The zero-order chi connectivity index (χ0) is 41.2. The first-order valence-electron chi connectivity index (χ1n) is 20.7. The summed E-state index contributed by atoms with van der Waals surface area (Å²) in [5.41, 5.74) is 2.93. The van der Waals surface area contributed by atoms with Gasteiger partial charge in [-0.25, -0.2) is 0 Å². The fraction of sp³-hybridized carbons (Fsp3) is 0.587. The van der Waals surface area contributed by atoms with Gasteiger partial charge in [-0.1, -0.05) is 126 Å². The maximum Gasteiger partial charge on any atom is 0.303 e. The standard InChI is InChI=1S/C46H62O12/c1-7-36-28(2)29(3)41(53-32(6)48)45(54-36)58-42-39(49)37(23-47)55-46(43(42)51-25-34-19-13-9-14-20-34)57-40-30(4)31(5)44(52-26-35-21-15-10-16-22-35)56-38(40)27-50-24-33-17-11-8-12-18-33/h8-22,28-31,36-47,49H,7,23-27H2,1-6H3/t28-,29?,30-,31?,36?,37?,38?,39-,40+,41+,42+,43?,44-,45+,46+/m1/s1. The van der Waals surface area contributed by atoms with Crippen LogP contribution in [0.2, 0.25) is 0 Å². The van der Waals surface area contributed by atoms with Gasteiger partial charge in [0.2, 0.25) is 0 Å². The zero-order valence-corrected chi connectivity index (χ0v) is 34.5. The van der Waals surface area contributed by atoms with Gasteiger partial charge in [-0.2, -0.15) is 0 Å². The number of esters is 1. The van der Waals surface area contributed by atoms with E-state index in [4.69, 9.17) is 42.6 Å².